The summed E-state index contributed by atoms with van der Waals surface area (Å²) in [5.41, 5.74) is 7.85. The van der Waals surface area contributed by atoms with E-state index in [2.05, 4.69) is 23.4 Å². The summed E-state index contributed by atoms with van der Waals surface area (Å²) < 4.78 is 2.25. The molecule has 2 rings (SSSR count). The molecule has 1 aromatic carbocycles. The van der Waals surface area contributed by atoms with E-state index in [0.29, 0.717) is 6.54 Å². The van der Waals surface area contributed by atoms with Gasteiger partial charge in [-0.25, -0.2) is 4.98 Å². The summed E-state index contributed by atoms with van der Waals surface area (Å²) in [6.07, 6.45) is 1.08. The maximum absolute atomic E-state index is 6.00. The molecule has 0 saturated carbocycles. The van der Waals surface area contributed by atoms with E-state index in [1.54, 1.807) is 0 Å². The summed E-state index contributed by atoms with van der Waals surface area (Å²) in [5.74, 6) is 1.33. The SMILES string of the molecule is CCCn1c(C(C)CN)nc2cc(Cl)ccc21. The molecule has 3 nitrogen and oxygen atoms in total. The molecule has 1 atom stereocenters. The first-order valence-electron chi connectivity index (χ1n) is 6.03. The van der Waals surface area contributed by atoms with Crippen molar-refractivity contribution in [1.82, 2.24) is 9.55 Å². The van der Waals surface area contributed by atoms with Gasteiger partial charge in [0.05, 0.1) is 11.0 Å². The molecule has 0 fully saturated rings. The molecule has 0 aliphatic heterocycles. The normalized spacial score (nSPS) is 13.2. The maximum Gasteiger partial charge on any atom is 0.113 e. The van der Waals surface area contributed by atoms with Crippen LogP contribution in [0.25, 0.3) is 11.0 Å². The zero-order valence-electron chi connectivity index (χ0n) is 10.3. The van der Waals surface area contributed by atoms with E-state index in [1.807, 2.05) is 18.2 Å². The van der Waals surface area contributed by atoms with Crippen LogP contribution in [0.3, 0.4) is 0 Å². The van der Waals surface area contributed by atoms with Crippen LogP contribution in [-0.4, -0.2) is 16.1 Å². The molecule has 2 N–H and O–H groups in total. The number of benzene rings is 1. The summed E-state index contributed by atoms with van der Waals surface area (Å²) in [6, 6.07) is 5.86. The van der Waals surface area contributed by atoms with Crippen molar-refractivity contribution in [2.75, 3.05) is 6.54 Å². The third-order valence-corrected chi connectivity index (χ3v) is 3.22. The Balaban J connectivity index is 2.61. The number of imidazole rings is 1. The fraction of sp³-hybridized carbons (Fsp3) is 0.462. The molecule has 2 aromatic rings. The van der Waals surface area contributed by atoms with Crippen LogP contribution in [0.5, 0.6) is 0 Å². The van der Waals surface area contributed by atoms with Gasteiger partial charge in [-0.05, 0) is 24.6 Å². The molecule has 1 unspecified atom stereocenters. The quantitative estimate of drug-likeness (QED) is 0.907. The summed E-state index contributed by atoms with van der Waals surface area (Å²) in [5, 5.41) is 0.727. The van der Waals surface area contributed by atoms with Gasteiger partial charge in [0.15, 0.2) is 0 Å². The number of aromatic nitrogens is 2. The number of aryl methyl sites for hydroxylation is 1. The first-order valence-corrected chi connectivity index (χ1v) is 6.41. The molecule has 4 heteroatoms. The van der Waals surface area contributed by atoms with Crippen molar-refractivity contribution in [1.29, 1.82) is 0 Å². The van der Waals surface area contributed by atoms with Crippen LogP contribution in [0, 0.1) is 0 Å². The maximum atomic E-state index is 6.00. The zero-order valence-corrected chi connectivity index (χ0v) is 11.0. The summed E-state index contributed by atoms with van der Waals surface area (Å²) in [7, 11) is 0. The monoisotopic (exact) mass is 251 g/mol. The lowest BCUT2D eigenvalue weighted by Gasteiger charge is -2.12. The van der Waals surface area contributed by atoms with Gasteiger partial charge < -0.3 is 10.3 Å². The van der Waals surface area contributed by atoms with Crippen molar-refractivity contribution in [3.63, 3.8) is 0 Å². The van der Waals surface area contributed by atoms with Gasteiger partial charge in [-0.2, -0.15) is 0 Å². The predicted molar refractivity (Wildman–Crippen MR) is 72.5 cm³/mol. The molecule has 0 saturated heterocycles. The molecule has 17 heavy (non-hydrogen) atoms. The van der Waals surface area contributed by atoms with Crippen molar-refractivity contribution >= 4 is 22.6 Å². The van der Waals surface area contributed by atoms with Crippen LogP contribution in [0.1, 0.15) is 32.0 Å². The number of fused-ring (bicyclic) bond motifs is 1. The van der Waals surface area contributed by atoms with Crippen LogP contribution in [-0.2, 0) is 6.54 Å². The van der Waals surface area contributed by atoms with Gasteiger partial charge in [-0.15, -0.1) is 0 Å². The summed E-state index contributed by atoms with van der Waals surface area (Å²) >= 11 is 6.00. The summed E-state index contributed by atoms with van der Waals surface area (Å²) in [4.78, 5) is 4.66. The fourth-order valence-corrected chi connectivity index (χ4v) is 2.23. The van der Waals surface area contributed by atoms with E-state index in [1.165, 1.54) is 0 Å². The molecule has 0 bridgehead atoms. The number of hydrogen-bond acceptors (Lipinski definition) is 2. The smallest absolute Gasteiger partial charge is 0.113 e. The minimum absolute atomic E-state index is 0.271. The minimum atomic E-state index is 0.271. The van der Waals surface area contributed by atoms with Crippen LogP contribution < -0.4 is 5.73 Å². The van der Waals surface area contributed by atoms with Crippen molar-refractivity contribution in [3.05, 3.63) is 29.0 Å². The van der Waals surface area contributed by atoms with E-state index in [-0.39, 0.29) is 5.92 Å². The largest absolute Gasteiger partial charge is 0.330 e. The Morgan fingerprint density at radius 1 is 1.47 bits per heavy atom. The minimum Gasteiger partial charge on any atom is -0.330 e. The van der Waals surface area contributed by atoms with Crippen LogP contribution in [0.15, 0.2) is 18.2 Å². The molecule has 92 valence electrons. The van der Waals surface area contributed by atoms with Gasteiger partial charge in [0.25, 0.3) is 0 Å². The van der Waals surface area contributed by atoms with Crippen molar-refractivity contribution in [3.8, 4) is 0 Å². The van der Waals surface area contributed by atoms with Crippen molar-refractivity contribution in [2.45, 2.75) is 32.7 Å². The van der Waals surface area contributed by atoms with Crippen molar-refractivity contribution in [2.24, 2.45) is 5.73 Å². The van der Waals surface area contributed by atoms with Gasteiger partial charge in [0.2, 0.25) is 0 Å². The predicted octanol–water partition coefficient (Wildman–Crippen LogP) is 3.16. The molecule has 0 aliphatic carbocycles. The number of halogens is 1. The van der Waals surface area contributed by atoms with Gasteiger partial charge in [0, 0.05) is 24.0 Å². The highest BCUT2D eigenvalue weighted by molar-refractivity contribution is 6.31. The van der Waals surface area contributed by atoms with Gasteiger partial charge in [0.1, 0.15) is 5.82 Å². The fourth-order valence-electron chi connectivity index (χ4n) is 2.06. The lowest BCUT2D eigenvalue weighted by molar-refractivity contribution is 0.606. The third kappa shape index (κ3) is 2.31. The van der Waals surface area contributed by atoms with Crippen LogP contribution in [0.4, 0.5) is 0 Å². The number of nitrogens with zero attached hydrogens (tertiary/aromatic N) is 2. The molecule has 0 radical (unpaired) electrons. The second-order valence-corrected chi connectivity index (χ2v) is 4.83. The average Bonchev–Trinajstić information content (AvgIpc) is 2.67. The summed E-state index contributed by atoms with van der Waals surface area (Å²) in [6.45, 7) is 5.85. The highest BCUT2D eigenvalue weighted by Gasteiger charge is 2.15. The molecule has 1 aromatic heterocycles. The number of nitrogens with two attached hydrogens (primary N) is 1. The highest BCUT2D eigenvalue weighted by Crippen LogP contribution is 2.24. The van der Waals surface area contributed by atoms with Gasteiger partial charge in [-0.3, -0.25) is 0 Å². The average molecular weight is 252 g/mol. The van der Waals surface area contributed by atoms with E-state index in [0.717, 1.165) is 34.8 Å². The van der Waals surface area contributed by atoms with E-state index < -0.39 is 0 Å². The molecule has 0 spiro atoms. The first kappa shape index (κ1) is 12.4. The number of rotatable bonds is 4. The topological polar surface area (TPSA) is 43.8 Å². The Morgan fingerprint density at radius 3 is 2.88 bits per heavy atom. The number of hydrogen-bond donors (Lipinski definition) is 1. The molecule has 0 amide bonds. The Kier molecular flexibility index (Phi) is 3.69. The molecular formula is C13H18ClN3. The Labute approximate surface area is 107 Å². The lowest BCUT2D eigenvalue weighted by atomic mass is 10.1. The van der Waals surface area contributed by atoms with E-state index in [4.69, 9.17) is 17.3 Å². The Morgan fingerprint density at radius 2 is 2.24 bits per heavy atom. The lowest BCUT2D eigenvalue weighted by Crippen LogP contribution is -2.14. The zero-order chi connectivity index (χ0) is 12.4. The van der Waals surface area contributed by atoms with Gasteiger partial charge in [-0.1, -0.05) is 25.4 Å². The van der Waals surface area contributed by atoms with Crippen LogP contribution >= 0.6 is 11.6 Å². The standard InChI is InChI=1S/C13H18ClN3/c1-3-6-17-12-5-4-10(14)7-11(12)16-13(17)9(2)8-15/h4-5,7,9H,3,6,8,15H2,1-2H3. The molecular weight excluding hydrogens is 234 g/mol. The second kappa shape index (κ2) is 5.07. The molecule has 1 heterocycles. The molecule has 0 aliphatic rings. The first-order chi connectivity index (χ1) is 8.17. The van der Waals surface area contributed by atoms with E-state index in [9.17, 15) is 0 Å². The van der Waals surface area contributed by atoms with Crippen LogP contribution in [0.2, 0.25) is 5.02 Å². The van der Waals surface area contributed by atoms with Gasteiger partial charge >= 0.3 is 0 Å². The Hall–Kier alpha value is -1.06. The second-order valence-electron chi connectivity index (χ2n) is 4.39. The van der Waals surface area contributed by atoms with E-state index >= 15 is 0 Å². The van der Waals surface area contributed by atoms with Crippen molar-refractivity contribution < 1.29 is 0 Å². The third-order valence-electron chi connectivity index (χ3n) is 2.98. The Bertz CT molecular complexity index is 519. The highest BCUT2D eigenvalue weighted by atomic mass is 35.5.